The van der Waals surface area contributed by atoms with Gasteiger partial charge < -0.3 is 15.7 Å². The standard InChI is InChI=1S/C14H12FN3O3/c1-8-4-9(15)6-11(5-8)18-14(21)17-10-2-3-12(13(19)20)16-7-10/h2-7H,1H3,(H,19,20)(H2,17,18,21). The SMILES string of the molecule is Cc1cc(F)cc(NC(=O)Nc2ccc(C(=O)O)nc2)c1. The molecule has 108 valence electrons. The minimum Gasteiger partial charge on any atom is -0.477 e. The van der Waals surface area contributed by atoms with Crippen LogP contribution in [-0.4, -0.2) is 22.1 Å². The van der Waals surface area contributed by atoms with Crippen molar-refractivity contribution in [1.29, 1.82) is 0 Å². The van der Waals surface area contributed by atoms with Gasteiger partial charge in [-0.1, -0.05) is 0 Å². The predicted octanol–water partition coefficient (Wildman–Crippen LogP) is 2.87. The van der Waals surface area contributed by atoms with Crippen LogP contribution in [0.2, 0.25) is 0 Å². The third kappa shape index (κ3) is 4.00. The number of carbonyl (C=O) groups is 2. The zero-order chi connectivity index (χ0) is 15.4. The molecule has 0 spiro atoms. The number of halogens is 1. The molecule has 2 rings (SSSR count). The number of nitrogens with one attached hydrogen (secondary N) is 2. The van der Waals surface area contributed by atoms with E-state index < -0.39 is 17.8 Å². The number of pyridine rings is 1. The first-order valence-electron chi connectivity index (χ1n) is 5.98. The third-order valence-corrected chi connectivity index (χ3v) is 2.54. The zero-order valence-corrected chi connectivity index (χ0v) is 11.1. The van der Waals surface area contributed by atoms with Gasteiger partial charge in [0.1, 0.15) is 11.5 Å². The average molecular weight is 289 g/mol. The summed E-state index contributed by atoms with van der Waals surface area (Å²) in [4.78, 5) is 26.0. The predicted molar refractivity (Wildman–Crippen MR) is 75.0 cm³/mol. The summed E-state index contributed by atoms with van der Waals surface area (Å²) in [6.07, 6.45) is 1.22. The van der Waals surface area contributed by atoms with E-state index in [1.165, 1.54) is 30.5 Å². The second-order valence-electron chi connectivity index (χ2n) is 4.33. The Labute approximate surface area is 119 Å². The van der Waals surface area contributed by atoms with Crippen LogP contribution in [0.5, 0.6) is 0 Å². The Morgan fingerprint density at radius 2 is 1.86 bits per heavy atom. The van der Waals surface area contributed by atoms with Crippen LogP contribution in [0.3, 0.4) is 0 Å². The van der Waals surface area contributed by atoms with Gasteiger partial charge in [0.05, 0.1) is 11.9 Å². The summed E-state index contributed by atoms with van der Waals surface area (Å²) in [6.45, 7) is 1.71. The lowest BCUT2D eigenvalue weighted by molar-refractivity contribution is 0.0690. The summed E-state index contributed by atoms with van der Waals surface area (Å²) in [5.41, 5.74) is 1.20. The molecule has 2 amide bonds. The van der Waals surface area contributed by atoms with Gasteiger partial charge in [-0.15, -0.1) is 0 Å². The highest BCUT2D eigenvalue weighted by Gasteiger charge is 2.07. The van der Waals surface area contributed by atoms with Gasteiger partial charge in [0.2, 0.25) is 0 Å². The van der Waals surface area contributed by atoms with Gasteiger partial charge in [-0.05, 0) is 42.8 Å². The Morgan fingerprint density at radius 1 is 1.14 bits per heavy atom. The molecule has 0 aliphatic carbocycles. The smallest absolute Gasteiger partial charge is 0.354 e. The Balaban J connectivity index is 2.02. The maximum atomic E-state index is 13.2. The quantitative estimate of drug-likeness (QED) is 0.810. The van der Waals surface area contributed by atoms with Gasteiger partial charge in [-0.2, -0.15) is 0 Å². The number of urea groups is 1. The Kier molecular flexibility index (Phi) is 4.13. The van der Waals surface area contributed by atoms with Gasteiger partial charge in [0, 0.05) is 5.69 Å². The van der Waals surface area contributed by atoms with Crippen LogP contribution < -0.4 is 10.6 Å². The number of aromatic carboxylic acids is 1. The molecule has 0 fully saturated rings. The molecule has 0 bridgehead atoms. The molecule has 3 N–H and O–H groups in total. The number of rotatable bonds is 3. The second kappa shape index (κ2) is 6.00. The number of carboxylic acid groups (broad SMARTS) is 1. The minimum atomic E-state index is -1.15. The molecule has 1 heterocycles. The fourth-order valence-corrected chi connectivity index (χ4v) is 1.70. The van der Waals surface area contributed by atoms with E-state index >= 15 is 0 Å². The van der Waals surface area contributed by atoms with Crippen molar-refractivity contribution in [2.75, 3.05) is 10.6 Å². The Hall–Kier alpha value is -2.96. The summed E-state index contributed by atoms with van der Waals surface area (Å²) in [5, 5.41) is 13.6. The minimum absolute atomic E-state index is 0.123. The number of carbonyl (C=O) groups excluding carboxylic acids is 1. The number of nitrogens with zero attached hydrogens (tertiary/aromatic N) is 1. The van der Waals surface area contributed by atoms with E-state index in [9.17, 15) is 14.0 Å². The number of benzene rings is 1. The maximum Gasteiger partial charge on any atom is 0.354 e. The van der Waals surface area contributed by atoms with Gasteiger partial charge in [0.15, 0.2) is 0 Å². The summed E-state index contributed by atoms with van der Waals surface area (Å²) in [7, 11) is 0. The molecule has 6 nitrogen and oxygen atoms in total. The van der Waals surface area contributed by atoms with Crippen LogP contribution in [0.1, 0.15) is 16.1 Å². The normalized spacial score (nSPS) is 10.0. The van der Waals surface area contributed by atoms with E-state index in [2.05, 4.69) is 15.6 Å². The van der Waals surface area contributed by atoms with Crippen molar-refractivity contribution in [3.63, 3.8) is 0 Å². The molecular formula is C14H12FN3O3. The molecule has 1 aromatic carbocycles. The summed E-state index contributed by atoms with van der Waals surface area (Å²) >= 11 is 0. The highest BCUT2D eigenvalue weighted by atomic mass is 19.1. The van der Waals surface area contributed by atoms with Crippen molar-refractivity contribution in [2.24, 2.45) is 0 Å². The molecule has 0 aliphatic heterocycles. The molecular weight excluding hydrogens is 277 g/mol. The first-order valence-corrected chi connectivity index (χ1v) is 5.98. The zero-order valence-electron chi connectivity index (χ0n) is 11.1. The lowest BCUT2D eigenvalue weighted by Gasteiger charge is -2.08. The maximum absolute atomic E-state index is 13.2. The number of amides is 2. The summed E-state index contributed by atoms with van der Waals surface area (Å²) < 4.78 is 13.2. The van der Waals surface area contributed by atoms with Crippen LogP contribution in [0.4, 0.5) is 20.6 Å². The number of aromatic nitrogens is 1. The van der Waals surface area contributed by atoms with Gasteiger partial charge >= 0.3 is 12.0 Å². The first kappa shape index (κ1) is 14.4. The van der Waals surface area contributed by atoms with E-state index in [4.69, 9.17) is 5.11 Å². The third-order valence-electron chi connectivity index (χ3n) is 2.54. The highest BCUT2D eigenvalue weighted by molar-refractivity contribution is 5.99. The second-order valence-corrected chi connectivity index (χ2v) is 4.33. The number of anilines is 2. The van der Waals surface area contributed by atoms with Crippen LogP contribution in [0, 0.1) is 12.7 Å². The van der Waals surface area contributed by atoms with Crippen LogP contribution in [-0.2, 0) is 0 Å². The molecule has 0 radical (unpaired) electrons. The lowest BCUT2D eigenvalue weighted by Crippen LogP contribution is -2.19. The average Bonchev–Trinajstić information content (AvgIpc) is 2.37. The number of hydrogen-bond donors (Lipinski definition) is 3. The van der Waals surface area contributed by atoms with Crippen LogP contribution in [0.25, 0.3) is 0 Å². The highest BCUT2D eigenvalue weighted by Crippen LogP contribution is 2.14. The first-order chi connectivity index (χ1) is 9.94. The molecule has 1 aromatic heterocycles. The summed E-state index contributed by atoms with van der Waals surface area (Å²) in [6, 6.07) is 6.26. The van der Waals surface area contributed by atoms with Crippen LogP contribution >= 0.6 is 0 Å². The fraction of sp³-hybridized carbons (Fsp3) is 0.0714. The van der Waals surface area contributed by atoms with Crippen molar-refractivity contribution in [2.45, 2.75) is 6.92 Å². The van der Waals surface area contributed by atoms with Crippen molar-refractivity contribution < 1.29 is 19.1 Å². The van der Waals surface area contributed by atoms with E-state index in [-0.39, 0.29) is 5.69 Å². The molecule has 0 unspecified atom stereocenters. The molecule has 0 saturated carbocycles. The van der Waals surface area contributed by atoms with E-state index in [0.29, 0.717) is 16.9 Å². The number of hydrogen-bond acceptors (Lipinski definition) is 3. The van der Waals surface area contributed by atoms with Gasteiger partial charge in [-0.25, -0.2) is 19.0 Å². The van der Waals surface area contributed by atoms with Gasteiger partial charge in [-0.3, -0.25) is 0 Å². The van der Waals surface area contributed by atoms with Crippen LogP contribution in [0.15, 0.2) is 36.5 Å². The molecule has 0 aliphatic rings. The summed E-state index contributed by atoms with van der Waals surface area (Å²) in [5.74, 6) is -1.60. The van der Waals surface area contributed by atoms with E-state index in [1.54, 1.807) is 13.0 Å². The largest absolute Gasteiger partial charge is 0.477 e. The fourth-order valence-electron chi connectivity index (χ4n) is 1.70. The molecule has 0 atom stereocenters. The molecule has 0 saturated heterocycles. The molecule has 2 aromatic rings. The van der Waals surface area contributed by atoms with Crippen molar-refractivity contribution >= 4 is 23.4 Å². The molecule has 21 heavy (non-hydrogen) atoms. The Morgan fingerprint density at radius 3 is 2.43 bits per heavy atom. The number of carboxylic acids is 1. The van der Waals surface area contributed by atoms with Crippen molar-refractivity contribution in [1.82, 2.24) is 4.98 Å². The molecule has 7 heteroatoms. The van der Waals surface area contributed by atoms with Crippen molar-refractivity contribution in [3.05, 3.63) is 53.6 Å². The van der Waals surface area contributed by atoms with Gasteiger partial charge in [0.25, 0.3) is 0 Å². The monoisotopic (exact) mass is 289 g/mol. The van der Waals surface area contributed by atoms with E-state index in [0.717, 1.165) is 0 Å². The van der Waals surface area contributed by atoms with Crippen molar-refractivity contribution in [3.8, 4) is 0 Å². The number of aryl methyl sites for hydroxylation is 1. The Bertz CT molecular complexity index is 666. The topological polar surface area (TPSA) is 91.3 Å². The van der Waals surface area contributed by atoms with E-state index in [1.807, 2.05) is 0 Å². The lowest BCUT2D eigenvalue weighted by atomic mass is 10.2.